The highest BCUT2D eigenvalue weighted by Crippen LogP contribution is 2.61. The molecule has 3 heterocycles. The first-order valence-corrected chi connectivity index (χ1v) is 26.0. The number of fused-ring (bicyclic) bond motifs is 7. The van der Waals surface area contributed by atoms with E-state index in [1.165, 1.54) is 133 Å². The third-order valence-electron chi connectivity index (χ3n) is 17.0. The second-order valence-corrected chi connectivity index (χ2v) is 23.2. The standard InChI is InChI=1S/C66H66BN3/c1-63(2,3)47-35-37-55(50(41-47)45-25-13-11-14-26-45)68-58-33-21-18-30-53(58)67-54-31-19-22-34-59(54)69(56-38-36-48(64(4,5)6)42-51(56)46-27-15-12-16-28-46)61-44-49(43-60(68)62(61)67)70-57-32-20-17-29-52(57)65(7)39-23-9-10-24-40-66(65,70)8/h11-22,25-38,41-44H,9-10,23-24,39-40H2,1-8H3. The SMILES string of the molecule is CC(C)(C)c1ccc(N2c3ccccc3B3c4ccccc4N(c4ccc(C(C)(C)C)cc4-c4ccccc4)c4cc(N5c6ccccc6C6(C)CCCCCCC56C)cc2c43)c(-c2ccccc2)c1. The molecule has 12 rings (SSSR count). The Hall–Kier alpha value is -6.78. The molecule has 0 saturated heterocycles. The molecule has 0 aromatic heterocycles. The molecular weight excluding hydrogens is 846 g/mol. The molecule has 3 aliphatic heterocycles. The molecule has 2 unspecified atom stereocenters. The zero-order chi connectivity index (χ0) is 48.2. The maximum Gasteiger partial charge on any atom is 0.252 e. The van der Waals surface area contributed by atoms with Crippen LogP contribution in [0.4, 0.5) is 45.5 Å². The lowest BCUT2D eigenvalue weighted by atomic mass is 9.33. The van der Waals surface area contributed by atoms with Crippen molar-refractivity contribution in [3.8, 4) is 22.3 Å². The highest BCUT2D eigenvalue weighted by atomic mass is 15.3. The van der Waals surface area contributed by atoms with Gasteiger partial charge in [0.1, 0.15) is 0 Å². The average Bonchev–Trinajstić information content (AvgIpc) is 3.55. The molecule has 2 atom stereocenters. The van der Waals surface area contributed by atoms with Crippen molar-refractivity contribution in [1.82, 2.24) is 0 Å². The molecule has 3 nitrogen and oxygen atoms in total. The molecule has 0 spiro atoms. The Bertz CT molecular complexity index is 3130. The molecule has 8 aromatic rings. The lowest BCUT2D eigenvalue weighted by Gasteiger charge is -2.50. The van der Waals surface area contributed by atoms with Crippen molar-refractivity contribution < 1.29 is 0 Å². The molecule has 4 heteroatoms. The molecule has 4 aliphatic rings. The van der Waals surface area contributed by atoms with Crippen LogP contribution >= 0.6 is 0 Å². The first-order chi connectivity index (χ1) is 33.8. The van der Waals surface area contributed by atoms with Crippen molar-refractivity contribution in [2.45, 2.75) is 116 Å². The molecule has 0 radical (unpaired) electrons. The van der Waals surface area contributed by atoms with E-state index in [-0.39, 0.29) is 28.5 Å². The number of nitrogens with zero attached hydrogens (tertiary/aromatic N) is 3. The molecule has 8 aromatic carbocycles. The summed E-state index contributed by atoms with van der Waals surface area (Å²) in [5, 5.41) is 0. The molecule has 0 N–H and O–H groups in total. The van der Waals surface area contributed by atoms with Gasteiger partial charge in [-0.3, -0.25) is 0 Å². The largest absolute Gasteiger partial charge is 0.334 e. The van der Waals surface area contributed by atoms with Crippen LogP contribution in [0, 0.1) is 0 Å². The highest BCUT2D eigenvalue weighted by Gasteiger charge is 2.57. The number of benzene rings is 8. The monoisotopic (exact) mass is 912 g/mol. The normalized spacial score (nSPS) is 19.4. The number of hydrogen-bond donors (Lipinski definition) is 0. The minimum atomic E-state index is -0.153. The number of hydrogen-bond acceptors (Lipinski definition) is 3. The molecule has 0 bridgehead atoms. The minimum absolute atomic E-state index is 0.00936. The fraction of sp³-hybridized carbons (Fsp3) is 0.273. The quantitative estimate of drug-likeness (QED) is 0.159. The fourth-order valence-electron chi connectivity index (χ4n) is 13.1. The highest BCUT2D eigenvalue weighted by molar-refractivity contribution is 7.00. The van der Waals surface area contributed by atoms with Crippen LogP contribution in [-0.2, 0) is 16.2 Å². The van der Waals surface area contributed by atoms with Crippen molar-refractivity contribution >= 4 is 68.6 Å². The van der Waals surface area contributed by atoms with E-state index in [0.717, 1.165) is 6.42 Å². The van der Waals surface area contributed by atoms with E-state index in [1.807, 2.05) is 0 Å². The van der Waals surface area contributed by atoms with Crippen molar-refractivity contribution in [2.24, 2.45) is 0 Å². The van der Waals surface area contributed by atoms with Crippen LogP contribution in [0.3, 0.4) is 0 Å². The van der Waals surface area contributed by atoms with Crippen LogP contribution < -0.4 is 31.1 Å². The Kier molecular flexibility index (Phi) is 10.4. The number of anilines is 8. The van der Waals surface area contributed by atoms with E-state index in [9.17, 15) is 0 Å². The lowest BCUT2D eigenvalue weighted by Crippen LogP contribution is -2.61. The third kappa shape index (κ3) is 6.84. The summed E-state index contributed by atoms with van der Waals surface area (Å²) in [7, 11) is 0. The molecule has 1 aliphatic carbocycles. The second-order valence-electron chi connectivity index (χ2n) is 23.2. The van der Waals surface area contributed by atoms with Gasteiger partial charge in [0.05, 0.1) is 16.9 Å². The lowest BCUT2D eigenvalue weighted by molar-refractivity contribution is 0.218. The summed E-state index contributed by atoms with van der Waals surface area (Å²) in [5.74, 6) is 0. The van der Waals surface area contributed by atoms with Gasteiger partial charge in [-0.05, 0) is 129 Å². The molecular formula is C66H66BN3. The minimum Gasteiger partial charge on any atom is -0.334 e. The first-order valence-electron chi connectivity index (χ1n) is 26.0. The molecule has 348 valence electrons. The van der Waals surface area contributed by atoms with Crippen molar-refractivity contribution in [1.29, 1.82) is 0 Å². The van der Waals surface area contributed by atoms with Crippen LogP contribution in [0.15, 0.2) is 182 Å². The topological polar surface area (TPSA) is 9.72 Å². The van der Waals surface area contributed by atoms with Gasteiger partial charge in [0.25, 0.3) is 6.71 Å². The molecule has 1 saturated carbocycles. The summed E-state index contributed by atoms with van der Waals surface area (Å²) in [6.45, 7) is 19.2. The van der Waals surface area contributed by atoms with Gasteiger partial charge in [0, 0.05) is 50.7 Å². The Labute approximate surface area is 417 Å². The van der Waals surface area contributed by atoms with E-state index < -0.39 is 0 Å². The van der Waals surface area contributed by atoms with Crippen LogP contribution in [0.1, 0.15) is 111 Å². The molecule has 0 amide bonds. The van der Waals surface area contributed by atoms with Crippen LogP contribution in [0.25, 0.3) is 22.3 Å². The summed E-state index contributed by atoms with van der Waals surface area (Å²) >= 11 is 0. The second kappa shape index (κ2) is 16.4. The van der Waals surface area contributed by atoms with E-state index in [1.54, 1.807) is 0 Å². The summed E-state index contributed by atoms with van der Waals surface area (Å²) in [5.41, 5.74) is 22.7. The van der Waals surface area contributed by atoms with E-state index in [4.69, 9.17) is 0 Å². The van der Waals surface area contributed by atoms with E-state index in [0.29, 0.717) is 0 Å². The van der Waals surface area contributed by atoms with E-state index in [2.05, 4.69) is 252 Å². The van der Waals surface area contributed by atoms with Crippen LogP contribution in [0.5, 0.6) is 0 Å². The zero-order valence-corrected chi connectivity index (χ0v) is 42.5. The Morgan fingerprint density at radius 3 is 1.36 bits per heavy atom. The summed E-state index contributed by atoms with van der Waals surface area (Å²) in [4.78, 5) is 8.12. The van der Waals surface area contributed by atoms with Gasteiger partial charge in [-0.2, -0.15) is 0 Å². The maximum absolute atomic E-state index is 2.82. The molecule has 70 heavy (non-hydrogen) atoms. The van der Waals surface area contributed by atoms with Gasteiger partial charge >= 0.3 is 0 Å². The van der Waals surface area contributed by atoms with Crippen molar-refractivity contribution in [2.75, 3.05) is 14.7 Å². The first kappa shape index (κ1) is 44.4. The van der Waals surface area contributed by atoms with Crippen LogP contribution in [-0.4, -0.2) is 12.3 Å². The van der Waals surface area contributed by atoms with E-state index >= 15 is 0 Å². The predicted molar refractivity (Wildman–Crippen MR) is 301 cm³/mol. The summed E-state index contributed by atoms with van der Waals surface area (Å²) < 4.78 is 0. The Balaban J connectivity index is 1.22. The maximum atomic E-state index is 2.82. The van der Waals surface area contributed by atoms with Crippen LogP contribution in [0.2, 0.25) is 0 Å². The van der Waals surface area contributed by atoms with Crippen molar-refractivity contribution in [3.05, 3.63) is 199 Å². The Morgan fingerprint density at radius 2 is 0.857 bits per heavy atom. The summed E-state index contributed by atoms with van der Waals surface area (Å²) in [6, 6.07) is 69.9. The van der Waals surface area contributed by atoms with Gasteiger partial charge in [0.15, 0.2) is 0 Å². The fourth-order valence-corrected chi connectivity index (χ4v) is 13.1. The van der Waals surface area contributed by atoms with Gasteiger partial charge in [-0.1, -0.05) is 202 Å². The smallest absolute Gasteiger partial charge is 0.252 e. The van der Waals surface area contributed by atoms with Gasteiger partial charge in [0.2, 0.25) is 0 Å². The van der Waals surface area contributed by atoms with Gasteiger partial charge in [-0.15, -0.1) is 0 Å². The Morgan fingerprint density at radius 1 is 0.414 bits per heavy atom. The average molecular weight is 912 g/mol. The number of rotatable bonds is 5. The van der Waals surface area contributed by atoms with Gasteiger partial charge in [-0.25, -0.2) is 0 Å². The third-order valence-corrected chi connectivity index (χ3v) is 17.0. The number of para-hydroxylation sites is 3. The van der Waals surface area contributed by atoms with Crippen molar-refractivity contribution in [3.63, 3.8) is 0 Å². The summed E-state index contributed by atoms with van der Waals surface area (Å²) in [6.07, 6.45) is 7.36. The van der Waals surface area contributed by atoms with Gasteiger partial charge < -0.3 is 14.7 Å². The molecule has 1 fully saturated rings. The zero-order valence-electron chi connectivity index (χ0n) is 42.5. The predicted octanol–water partition coefficient (Wildman–Crippen LogP) is 16.2.